The van der Waals surface area contributed by atoms with E-state index in [-0.39, 0.29) is 5.91 Å². The number of nitrogens with one attached hydrogen (secondary N) is 1. The summed E-state index contributed by atoms with van der Waals surface area (Å²) in [5, 5.41) is 2.85. The predicted molar refractivity (Wildman–Crippen MR) is 74.3 cm³/mol. The normalized spacial score (nSPS) is 10.1. The third kappa shape index (κ3) is 2.96. The maximum atomic E-state index is 12.0. The summed E-state index contributed by atoms with van der Waals surface area (Å²) in [7, 11) is 0. The highest BCUT2D eigenvalue weighted by atomic mass is 79.9. The number of amides is 1. The van der Waals surface area contributed by atoms with E-state index in [0.717, 1.165) is 15.7 Å². The lowest BCUT2D eigenvalue weighted by molar-refractivity contribution is 0.0949. The average Bonchev–Trinajstić information content (AvgIpc) is 2.40. The van der Waals surface area contributed by atoms with E-state index in [1.54, 1.807) is 12.3 Å². The zero-order valence-corrected chi connectivity index (χ0v) is 11.6. The zero-order chi connectivity index (χ0) is 13.0. The second-order valence-electron chi connectivity index (χ2n) is 3.94. The summed E-state index contributed by atoms with van der Waals surface area (Å²) < 4.78 is 0.837. The molecule has 0 unspecified atom stereocenters. The number of aromatic nitrogens is 1. The smallest absolute Gasteiger partial charge is 0.252 e. The van der Waals surface area contributed by atoms with Crippen molar-refractivity contribution in [3.63, 3.8) is 0 Å². The van der Waals surface area contributed by atoms with Gasteiger partial charge in [-0.2, -0.15) is 0 Å². The van der Waals surface area contributed by atoms with Gasteiger partial charge in [0.15, 0.2) is 0 Å². The molecule has 0 bridgehead atoms. The van der Waals surface area contributed by atoms with Crippen LogP contribution in [0.2, 0.25) is 0 Å². The molecule has 0 atom stereocenters. The van der Waals surface area contributed by atoms with E-state index >= 15 is 0 Å². The molecule has 1 heterocycles. The minimum atomic E-state index is -0.101. The van der Waals surface area contributed by atoms with Gasteiger partial charge >= 0.3 is 0 Å². The first-order valence-electron chi connectivity index (χ1n) is 5.61. The molecule has 4 heteroatoms. The molecule has 18 heavy (non-hydrogen) atoms. The number of aryl methyl sites for hydroxylation is 1. The molecule has 2 rings (SSSR count). The first kappa shape index (κ1) is 12.8. The molecule has 0 aliphatic carbocycles. The molecule has 92 valence electrons. The van der Waals surface area contributed by atoms with Crippen molar-refractivity contribution in [3.8, 4) is 0 Å². The quantitative estimate of drug-likeness (QED) is 0.947. The maximum Gasteiger partial charge on any atom is 0.252 e. The molecule has 0 saturated heterocycles. The SMILES string of the molecule is Cc1cccc(C(=O)NCc2ccccn2)c1Br. The molecule has 0 aliphatic heterocycles. The number of carbonyl (C=O) groups excluding carboxylic acids is 1. The fraction of sp³-hybridized carbons (Fsp3) is 0.143. The van der Waals surface area contributed by atoms with Crippen LogP contribution in [0.25, 0.3) is 0 Å². The number of rotatable bonds is 3. The van der Waals surface area contributed by atoms with Crippen molar-refractivity contribution in [2.24, 2.45) is 0 Å². The van der Waals surface area contributed by atoms with Crippen molar-refractivity contribution in [1.82, 2.24) is 10.3 Å². The van der Waals surface area contributed by atoms with Crippen LogP contribution in [0.15, 0.2) is 47.1 Å². The van der Waals surface area contributed by atoms with Gasteiger partial charge in [0, 0.05) is 10.7 Å². The van der Waals surface area contributed by atoms with Crippen LogP contribution in [0.4, 0.5) is 0 Å². The molecular weight excluding hydrogens is 292 g/mol. The molecule has 0 spiro atoms. The predicted octanol–water partition coefficient (Wildman–Crippen LogP) is 3.08. The second-order valence-corrected chi connectivity index (χ2v) is 4.73. The van der Waals surface area contributed by atoms with E-state index in [1.165, 1.54) is 0 Å². The lowest BCUT2D eigenvalue weighted by atomic mass is 10.1. The van der Waals surface area contributed by atoms with Crippen LogP contribution >= 0.6 is 15.9 Å². The van der Waals surface area contributed by atoms with Gasteiger partial charge in [-0.1, -0.05) is 18.2 Å². The summed E-state index contributed by atoms with van der Waals surface area (Å²) >= 11 is 3.43. The molecule has 0 aliphatic rings. The topological polar surface area (TPSA) is 42.0 Å². The molecule has 1 aromatic carbocycles. The molecule has 1 amide bonds. The van der Waals surface area contributed by atoms with Crippen molar-refractivity contribution < 1.29 is 4.79 Å². The van der Waals surface area contributed by atoms with Gasteiger partial charge in [0.1, 0.15) is 0 Å². The lowest BCUT2D eigenvalue weighted by Crippen LogP contribution is -2.23. The van der Waals surface area contributed by atoms with E-state index in [2.05, 4.69) is 26.2 Å². The van der Waals surface area contributed by atoms with Gasteiger partial charge in [-0.25, -0.2) is 0 Å². The van der Waals surface area contributed by atoms with E-state index in [9.17, 15) is 4.79 Å². The second kappa shape index (κ2) is 5.78. The Kier molecular flexibility index (Phi) is 4.10. The van der Waals surface area contributed by atoms with Crippen LogP contribution in [0.1, 0.15) is 21.6 Å². The molecule has 1 aromatic heterocycles. The third-order valence-corrected chi connectivity index (χ3v) is 3.65. The van der Waals surface area contributed by atoms with Crippen LogP contribution in [0.3, 0.4) is 0 Å². The van der Waals surface area contributed by atoms with Crippen LogP contribution < -0.4 is 5.32 Å². The number of carbonyl (C=O) groups is 1. The molecule has 2 aromatic rings. The van der Waals surface area contributed by atoms with Gasteiger partial charge in [-0.05, 0) is 46.6 Å². The Balaban J connectivity index is 2.07. The number of pyridine rings is 1. The highest BCUT2D eigenvalue weighted by Crippen LogP contribution is 2.20. The van der Waals surface area contributed by atoms with Crippen LogP contribution in [-0.4, -0.2) is 10.9 Å². The number of nitrogens with zero attached hydrogens (tertiary/aromatic N) is 1. The van der Waals surface area contributed by atoms with Crippen LogP contribution in [-0.2, 0) is 6.54 Å². The average molecular weight is 305 g/mol. The Hall–Kier alpha value is -1.68. The summed E-state index contributed by atoms with van der Waals surface area (Å²) in [4.78, 5) is 16.2. The lowest BCUT2D eigenvalue weighted by Gasteiger charge is -2.08. The van der Waals surface area contributed by atoms with Crippen molar-refractivity contribution >= 4 is 21.8 Å². The Morgan fingerprint density at radius 1 is 1.28 bits per heavy atom. The van der Waals surface area contributed by atoms with E-state index in [4.69, 9.17) is 0 Å². The van der Waals surface area contributed by atoms with Crippen molar-refractivity contribution in [3.05, 3.63) is 63.9 Å². The van der Waals surface area contributed by atoms with Crippen molar-refractivity contribution in [2.75, 3.05) is 0 Å². The van der Waals surface area contributed by atoms with Crippen LogP contribution in [0, 0.1) is 6.92 Å². The first-order valence-corrected chi connectivity index (χ1v) is 6.41. The minimum absolute atomic E-state index is 0.101. The number of hydrogen-bond acceptors (Lipinski definition) is 2. The fourth-order valence-electron chi connectivity index (χ4n) is 1.59. The molecule has 1 N–H and O–H groups in total. The van der Waals surface area contributed by atoms with Gasteiger partial charge < -0.3 is 5.32 Å². The summed E-state index contributed by atoms with van der Waals surface area (Å²) in [6.45, 7) is 2.39. The Morgan fingerprint density at radius 2 is 2.11 bits per heavy atom. The van der Waals surface area contributed by atoms with Gasteiger partial charge in [-0.3, -0.25) is 9.78 Å². The largest absolute Gasteiger partial charge is 0.346 e. The van der Waals surface area contributed by atoms with E-state index < -0.39 is 0 Å². The number of benzene rings is 1. The third-order valence-electron chi connectivity index (χ3n) is 2.59. The van der Waals surface area contributed by atoms with Gasteiger partial charge in [0.05, 0.1) is 17.8 Å². The highest BCUT2D eigenvalue weighted by molar-refractivity contribution is 9.10. The van der Waals surface area contributed by atoms with E-state index in [1.807, 2.05) is 37.3 Å². The summed E-state index contributed by atoms with van der Waals surface area (Å²) in [5.41, 5.74) is 2.53. The zero-order valence-electron chi connectivity index (χ0n) is 9.98. The summed E-state index contributed by atoms with van der Waals surface area (Å²) in [5.74, 6) is -0.101. The fourth-order valence-corrected chi connectivity index (χ4v) is 2.04. The minimum Gasteiger partial charge on any atom is -0.346 e. The highest BCUT2D eigenvalue weighted by Gasteiger charge is 2.10. The molecule has 3 nitrogen and oxygen atoms in total. The molecule has 0 fully saturated rings. The Bertz CT molecular complexity index is 555. The molecule has 0 saturated carbocycles. The Labute approximate surface area is 114 Å². The number of halogens is 1. The standard InChI is InChI=1S/C14H13BrN2O/c1-10-5-4-7-12(13(10)15)14(18)17-9-11-6-2-3-8-16-11/h2-8H,9H2,1H3,(H,17,18). The van der Waals surface area contributed by atoms with Crippen molar-refractivity contribution in [1.29, 1.82) is 0 Å². The molecular formula is C14H13BrN2O. The van der Waals surface area contributed by atoms with Gasteiger partial charge in [-0.15, -0.1) is 0 Å². The van der Waals surface area contributed by atoms with Crippen molar-refractivity contribution in [2.45, 2.75) is 13.5 Å². The van der Waals surface area contributed by atoms with E-state index in [0.29, 0.717) is 12.1 Å². The monoisotopic (exact) mass is 304 g/mol. The Morgan fingerprint density at radius 3 is 2.83 bits per heavy atom. The van der Waals surface area contributed by atoms with Gasteiger partial charge in [0.25, 0.3) is 5.91 Å². The summed E-state index contributed by atoms with van der Waals surface area (Å²) in [6, 6.07) is 11.3. The first-order chi connectivity index (χ1) is 8.68. The molecule has 0 radical (unpaired) electrons. The van der Waals surface area contributed by atoms with Gasteiger partial charge in [0.2, 0.25) is 0 Å². The maximum absolute atomic E-state index is 12.0. The number of hydrogen-bond donors (Lipinski definition) is 1. The summed E-state index contributed by atoms with van der Waals surface area (Å²) in [6.07, 6.45) is 1.71. The van der Waals surface area contributed by atoms with Crippen LogP contribution in [0.5, 0.6) is 0 Å².